The Kier molecular flexibility index (Phi) is 4.19. The molecule has 0 aliphatic heterocycles. The van der Waals surface area contributed by atoms with Crippen molar-refractivity contribution >= 4 is 21.4 Å². The normalized spacial score (nSPS) is 18.0. The van der Waals surface area contributed by atoms with Gasteiger partial charge >= 0.3 is 0 Å². The van der Waals surface area contributed by atoms with Gasteiger partial charge in [-0.05, 0) is 24.3 Å². The molecule has 1 heterocycles. The molecule has 1 saturated carbocycles. The monoisotopic (exact) mass is 275 g/mol. The van der Waals surface area contributed by atoms with Crippen LogP contribution in [0.4, 0.5) is 0 Å². The smallest absolute Gasteiger partial charge is 0.252 e. The predicted molar refractivity (Wildman–Crippen MR) is 67.6 cm³/mol. The second-order valence-corrected chi connectivity index (χ2v) is 7.27. The molecule has 96 valence electrons. The molecule has 0 amide bonds. The molecule has 0 unspecified atom stereocenters. The average molecular weight is 275 g/mol. The molecular formula is C11H17NO3S2. The largest absolute Gasteiger partial charge is 0.395 e. The van der Waals surface area contributed by atoms with E-state index in [1.165, 1.54) is 15.6 Å². The Hall–Kier alpha value is -0.430. The number of thiophene rings is 1. The molecule has 0 atom stereocenters. The Morgan fingerprint density at radius 2 is 2.12 bits per heavy atom. The van der Waals surface area contributed by atoms with Crippen LogP contribution in [0.15, 0.2) is 21.7 Å². The molecule has 1 aliphatic carbocycles. The van der Waals surface area contributed by atoms with E-state index >= 15 is 0 Å². The summed E-state index contributed by atoms with van der Waals surface area (Å²) >= 11 is 1.23. The Morgan fingerprint density at radius 3 is 2.65 bits per heavy atom. The number of nitrogens with zero attached hydrogens (tertiary/aromatic N) is 1. The molecule has 0 spiro atoms. The van der Waals surface area contributed by atoms with Gasteiger partial charge in [-0.1, -0.05) is 18.9 Å². The molecule has 1 N–H and O–H groups in total. The van der Waals surface area contributed by atoms with E-state index in [1.54, 1.807) is 17.5 Å². The maximum Gasteiger partial charge on any atom is 0.252 e. The minimum atomic E-state index is -3.41. The lowest BCUT2D eigenvalue weighted by molar-refractivity contribution is 0.226. The van der Waals surface area contributed by atoms with Gasteiger partial charge in [0, 0.05) is 12.6 Å². The first-order valence-electron chi connectivity index (χ1n) is 5.82. The van der Waals surface area contributed by atoms with Crippen molar-refractivity contribution in [3.05, 3.63) is 17.5 Å². The number of sulfonamides is 1. The molecule has 0 saturated heterocycles. The fraction of sp³-hybridized carbons (Fsp3) is 0.636. The van der Waals surface area contributed by atoms with E-state index in [0.29, 0.717) is 4.21 Å². The van der Waals surface area contributed by atoms with Gasteiger partial charge in [0.25, 0.3) is 10.0 Å². The van der Waals surface area contributed by atoms with Crippen molar-refractivity contribution in [1.82, 2.24) is 4.31 Å². The molecule has 1 aliphatic rings. The maximum absolute atomic E-state index is 12.4. The van der Waals surface area contributed by atoms with Gasteiger partial charge in [0.2, 0.25) is 0 Å². The molecule has 1 aromatic heterocycles. The highest BCUT2D eigenvalue weighted by molar-refractivity contribution is 7.91. The summed E-state index contributed by atoms with van der Waals surface area (Å²) in [5, 5.41) is 10.8. The van der Waals surface area contributed by atoms with Crippen LogP contribution in [0.1, 0.15) is 25.7 Å². The minimum Gasteiger partial charge on any atom is -0.395 e. The maximum atomic E-state index is 12.4. The molecule has 1 fully saturated rings. The summed E-state index contributed by atoms with van der Waals surface area (Å²) in [5.74, 6) is 0. The summed E-state index contributed by atoms with van der Waals surface area (Å²) in [6, 6.07) is 3.43. The summed E-state index contributed by atoms with van der Waals surface area (Å²) in [4.78, 5) is 0. The Balaban J connectivity index is 2.26. The van der Waals surface area contributed by atoms with Gasteiger partial charge in [-0.2, -0.15) is 4.31 Å². The molecule has 6 heteroatoms. The van der Waals surface area contributed by atoms with E-state index in [9.17, 15) is 8.42 Å². The third kappa shape index (κ3) is 2.70. The van der Waals surface area contributed by atoms with E-state index in [1.807, 2.05) is 0 Å². The van der Waals surface area contributed by atoms with Crippen LogP contribution in [0.2, 0.25) is 0 Å². The van der Waals surface area contributed by atoms with E-state index < -0.39 is 10.0 Å². The third-order valence-corrected chi connectivity index (χ3v) is 6.44. The summed E-state index contributed by atoms with van der Waals surface area (Å²) in [7, 11) is -3.41. The van der Waals surface area contributed by atoms with Crippen LogP contribution in [0, 0.1) is 0 Å². The lowest BCUT2D eigenvalue weighted by Gasteiger charge is -2.26. The number of aliphatic hydroxyl groups is 1. The summed E-state index contributed by atoms with van der Waals surface area (Å²) in [5.41, 5.74) is 0. The Labute approximate surface area is 106 Å². The lowest BCUT2D eigenvalue weighted by Crippen LogP contribution is -2.40. The fourth-order valence-electron chi connectivity index (χ4n) is 2.32. The second kappa shape index (κ2) is 5.48. The van der Waals surface area contributed by atoms with Crippen LogP contribution in [0.3, 0.4) is 0 Å². The van der Waals surface area contributed by atoms with Gasteiger partial charge in [-0.15, -0.1) is 11.3 Å². The highest BCUT2D eigenvalue weighted by Crippen LogP contribution is 2.29. The first-order chi connectivity index (χ1) is 8.16. The molecule has 0 bridgehead atoms. The molecular weight excluding hydrogens is 258 g/mol. The standard InChI is InChI=1S/C11H17NO3S2/c13-8-7-12(10-4-1-2-5-10)17(14,15)11-6-3-9-16-11/h3,6,9-10,13H,1-2,4-5,7-8H2. The second-order valence-electron chi connectivity index (χ2n) is 4.21. The third-order valence-electron chi connectivity index (χ3n) is 3.11. The van der Waals surface area contributed by atoms with Gasteiger partial charge in [-0.3, -0.25) is 0 Å². The molecule has 1 aromatic rings. The quantitative estimate of drug-likeness (QED) is 0.889. The molecule has 0 radical (unpaired) electrons. The molecule has 4 nitrogen and oxygen atoms in total. The summed E-state index contributed by atoms with van der Waals surface area (Å²) in [6.07, 6.45) is 3.97. The van der Waals surface area contributed by atoms with Gasteiger partial charge < -0.3 is 5.11 Å². The van der Waals surface area contributed by atoms with Gasteiger partial charge in [0.05, 0.1) is 6.61 Å². The fourth-order valence-corrected chi connectivity index (χ4v) is 5.11. The molecule has 0 aromatic carbocycles. The average Bonchev–Trinajstić information content (AvgIpc) is 2.97. The van der Waals surface area contributed by atoms with Crippen molar-refractivity contribution in [2.24, 2.45) is 0 Å². The van der Waals surface area contributed by atoms with Gasteiger partial charge in [0.15, 0.2) is 0 Å². The van der Waals surface area contributed by atoms with Crippen molar-refractivity contribution in [1.29, 1.82) is 0 Å². The minimum absolute atomic E-state index is 0.0641. The zero-order valence-electron chi connectivity index (χ0n) is 9.58. The molecule has 2 rings (SSSR count). The summed E-state index contributed by atoms with van der Waals surface area (Å²) < 4.78 is 26.6. The Bertz CT molecular complexity index is 435. The number of rotatable bonds is 5. The Morgan fingerprint density at radius 1 is 1.41 bits per heavy atom. The first-order valence-corrected chi connectivity index (χ1v) is 8.14. The predicted octanol–water partition coefficient (Wildman–Crippen LogP) is 1.67. The topological polar surface area (TPSA) is 57.6 Å². The number of hydrogen-bond donors (Lipinski definition) is 1. The van der Waals surface area contributed by atoms with Crippen molar-refractivity contribution in [3.8, 4) is 0 Å². The SMILES string of the molecule is O=S(=O)(c1cccs1)N(CCO)C1CCCC1. The van der Waals surface area contributed by atoms with Crippen molar-refractivity contribution in [2.75, 3.05) is 13.2 Å². The molecule has 17 heavy (non-hydrogen) atoms. The van der Waals surface area contributed by atoms with Crippen LogP contribution < -0.4 is 0 Å². The van der Waals surface area contributed by atoms with Crippen LogP contribution in [0.25, 0.3) is 0 Å². The van der Waals surface area contributed by atoms with Crippen molar-refractivity contribution in [3.63, 3.8) is 0 Å². The van der Waals surface area contributed by atoms with Crippen molar-refractivity contribution < 1.29 is 13.5 Å². The van der Waals surface area contributed by atoms with E-state index in [2.05, 4.69) is 0 Å². The van der Waals surface area contributed by atoms with E-state index in [0.717, 1.165) is 25.7 Å². The summed E-state index contributed by atoms with van der Waals surface area (Å²) in [6.45, 7) is 0.0754. The van der Waals surface area contributed by atoms with E-state index in [4.69, 9.17) is 5.11 Å². The van der Waals surface area contributed by atoms with Gasteiger partial charge in [0.1, 0.15) is 4.21 Å². The first kappa shape index (κ1) is 13.0. The van der Waals surface area contributed by atoms with Crippen molar-refractivity contribution in [2.45, 2.75) is 35.9 Å². The zero-order valence-corrected chi connectivity index (χ0v) is 11.2. The van der Waals surface area contributed by atoms with Crippen LogP contribution in [-0.2, 0) is 10.0 Å². The van der Waals surface area contributed by atoms with Gasteiger partial charge in [-0.25, -0.2) is 8.42 Å². The van der Waals surface area contributed by atoms with Crippen LogP contribution in [0.5, 0.6) is 0 Å². The van der Waals surface area contributed by atoms with E-state index in [-0.39, 0.29) is 19.2 Å². The highest BCUT2D eigenvalue weighted by atomic mass is 32.2. The highest BCUT2D eigenvalue weighted by Gasteiger charge is 2.33. The number of aliphatic hydroxyl groups excluding tert-OH is 1. The zero-order chi connectivity index (χ0) is 12.3. The lowest BCUT2D eigenvalue weighted by atomic mass is 10.2. The number of hydrogen-bond acceptors (Lipinski definition) is 4. The van der Waals surface area contributed by atoms with Crippen LogP contribution in [-0.4, -0.2) is 37.0 Å². The van der Waals surface area contributed by atoms with Crippen LogP contribution >= 0.6 is 11.3 Å².